The Hall–Kier alpha value is -2.16. The van der Waals surface area contributed by atoms with E-state index >= 15 is 0 Å². The van der Waals surface area contributed by atoms with Gasteiger partial charge in [0.25, 0.3) is 11.8 Å². The van der Waals surface area contributed by atoms with Crippen LogP contribution >= 0.6 is 11.3 Å². The number of ether oxygens (including phenoxy) is 1. The van der Waals surface area contributed by atoms with Gasteiger partial charge in [-0.05, 0) is 50.3 Å². The quantitative estimate of drug-likeness (QED) is 0.554. The molecule has 1 atom stereocenters. The molecule has 2 aromatic rings. The standard InChI is InChI=1S/C20H27N3O4S/c1-13(15-7-5-10-27-15)22-12-17(24)23-20-18(19(25)21-9-11-26-2)14-6-3-4-8-16(14)28-20/h5,7,10,13,22H,3-4,6,8-9,11-12H2,1-2H3,(H,21,25)(H,23,24)/p+1/t13-/m0/s1. The Morgan fingerprint density at radius 3 is 2.93 bits per heavy atom. The van der Waals surface area contributed by atoms with Crippen molar-refractivity contribution in [3.63, 3.8) is 0 Å². The smallest absolute Gasteiger partial charge is 0.280 e. The molecule has 0 saturated heterocycles. The molecule has 2 heterocycles. The molecule has 1 aliphatic carbocycles. The van der Waals surface area contributed by atoms with Gasteiger partial charge in [0.2, 0.25) is 0 Å². The van der Waals surface area contributed by atoms with Crippen molar-refractivity contribution in [2.75, 3.05) is 32.1 Å². The average Bonchev–Trinajstić information content (AvgIpc) is 3.34. The Morgan fingerprint density at radius 1 is 1.36 bits per heavy atom. The third-order valence-electron chi connectivity index (χ3n) is 4.89. The first-order valence-corrected chi connectivity index (χ1v) is 10.5. The van der Waals surface area contributed by atoms with Crippen molar-refractivity contribution in [3.8, 4) is 0 Å². The molecule has 8 heteroatoms. The number of amides is 2. The molecule has 4 N–H and O–H groups in total. The monoisotopic (exact) mass is 406 g/mol. The topological polar surface area (TPSA) is 97.2 Å². The average molecular weight is 407 g/mol. The van der Waals surface area contributed by atoms with Crippen LogP contribution in [0.25, 0.3) is 0 Å². The molecule has 2 aromatic heterocycles. The number of aryl methyl sites for hydroxylation is 1. The van der Waals surface area contributed by atoms with E-state index in [1.165, 1.54) is 16.2 Å². The summed E-state index contributed by atoms with van der Waals surface area (Å²) in [5.41, 5.74) is 1.72. The first-order chi connectivity index (χ1) is 13.6. The summed E-state index contributed by atoms with van der Waals surface area (Å²) in [6.45, 7) is 3.15. The summed E-state index contributed by atoms with van der Waals surface area (Å²) in [6.07, 6.45) is 5.68. The van der Waals surface area contributed by atoms with Crippen LogP contribution in [0.4, 0.5) is 5.00 Å². The fourth-order valence-electron chi connectivity index (χ4n) is 3.38. The predicted octanol–water partition coefficient (Wildman–Crippen LogP) is 1.86. The van der Waals surface area contributed by atoms with Gasteiger partial charge < -0.3 is 25.1 Å². The van der Waals surface area contributed by atoms with Gasteiger partial charge in [0.1, 0.15) is 11.0 Å². The van der Waals surface area contributed by atoms with E-state index in [4.69, 9.17) is 9.15 Å². The minimum absolute atomic E-state index is 0.0501. The highest BCUT2D eigenvalue weighted by molar-refractivity contribution is 7.17. The first-order valence-electron chi connectivity index (χ1n) is 9.68. The number of carbonyl (C=O) groups is 2. The molecule has 0 radical (unpaired) electrons. The Balaban J connectivity index is 1.67. The molecule has 0 spiro atoms. The molecule has 1 aliphatic rings. The van der Waals surface area contributed by atoms with E-state index in [1.807, 2.05) is 24.4 Å². The van der Waals surface area contributed by atoms with Crippen LogP contribution in [0.3, 0.4) is 0 Å². The second-order valence-corrected chi connectivity index (χ2v) is 8.06. The van der Waals surface area contributed by atoms with E-state index < -0.39 is 0 Å². The van der Waals surface area contributed by atoms with Crippen LogP contribution in [0.1, 0.15) is 52.4 Å². The van der Waals surface area contributed by atoms with E-state index in [2.05, 4.69) is 10.6 Å². The van der Waals surface area contributed by atoms with Gasteiger partial charge in [-0.3, -0.25) is 9.59 Å². The van der Waals surface area contributed by atoms with Gasteiger partial charge >= 0.3 is 0 Å². The number of thiophene rings is 1. The molecule has 152 valence electrons. The fraction of sp³-hybridized carbons (Fsp3) is 0.500. The largest absolute Gasteiger partial charge is 0.463 e. The Bertz CT molecular complexity index is 801. The lowest BCUT2D eigenvalue weighted by Gasteiger charge is -2.13. The van der Waals surface area contributed by atoms with Gasteiger partial charge in [0.15, 0.2) is 12.3 Å². The molecule has 0 aromatic carbocycles. The molecule has 3 rings (SSSR count). The zero-order valence-corrected chi connectivity index (χ0v) is 17.2. The third kappa shape index (κ3) is 5.01. The summed E-state index contributed by atoms with van der Waals surface area (Å²) in [4.78, 5) is 26.5. The maximum atomic E-state index is 12.7. The van der Waals surface area contributed by atoms with E-state index in [0.717, 1.165) is 37.0 Å². The summed E-state index contributed by atoms with van der Waals surface area (Å²) < 4.78 is 10.4. The molecule has 0 fully saturated rings. The highest BCUT2D eigenvalue weighted by atomic mass is 32.1. The number of nitrogens with two attached hydrogens (primary N) is 1. The molecule has 0 aliphatic heterocycles. The van der Waals surface area contributed by atoms with Crippen molar-refractivity contribution in [1.82, 2.24) is 5.32 Å². The maximum Gasteiger partial charge on any atom is 0.280 e. The van der Waals surface area contributed by atoms with Gasteiger partial charge in [0, 0.05) is 18.5 Å². The van der Waals surface area contributed by atoms with Crippen molar-refractivity contribution in [3.05, 3.63) is 40.2 Å². The van der Waals surface area contributed by atoms with Crippen molar-refractivity contribution in [2.45, 2.75) is 38.6 Å². The van der Waals surface area contributed by atoms with Crippen LogP contribution in [-0.2, 0) is 22.4 Å². The van der Waals surface area contributed by atoms with Gasteiger partial charge in [-0.25, -0.2) is 0 Å². The number of fused-ring (bicyclic) bond motifs is 1. The normalized spacial score (nSPS) is 14.4. The van der Waals surface area contributed by atoms with Crippen LogP contribution in [0.5, 0.6) is 0 Å². The number of methoxy groups -OCH3 is 1. The minimum Gasteiger partial charge on any atom is -0.463 e. The molecule has 2 amide bonds. The highest BCUT2D eigenvalue weighted by Gasteiger charge is 2.26. The molecule has 0 saturated carbocycles. The molecule has 7 nitrogen and oxygen atoms in total. The Kier molecular flexibility index (Phi) is 7.24. The van der Waals surface area contributed by atoms with Crippen LogP contribution in [0.15, 0.2) is 22.8 Å². The van der Waals surface area contributed by atoms with Crippen LogP contribution in [0, 0.1) is 0 Å². The number of rotatable bonds is 9. The molecule has 28 heavy (non-hydrogen) atoms. The summed E-state index contributed by atoms with van der Waals surface area (Å²) in [6, 6.07) is 3.79. The van der Waals surface area contributed by atoms with Crippen molar-refractivity contribution < 1.29 is 24.1 Å². The number of furan rings is 1. The number of carbonyl (C=O) groups excluding carboxylic acids is 2. The summed E-state index contributed by atoms with van der Waals surface area (Å²) >= 11 is 1.53. The van der Waals surface area contributed by atoms with Gasteiger partial charge in [-0.15, -0.1) is 11.3 Å². The second-order valence-electron chi connectivity index (χ2n) is 6.96. The lowest BCUT2D eigenvalue weighted by Crippen LogP contribution is -2.86. The lowest BCUT2D eigenvalue weighted by atomic mass is 9.95. The van der Waals surface area contributed by atoms with E-state index in [0.29, 0.717) is 23.7 Å². The summed E-state index contributed by atoms with van der Waals surface area (Å²) in [5, 5.41) is 8.43. The Morgan fingerprint density at radius 2 is 2.18 bits per heavy atom. The predicted molar refractivity (Wildman–Crippen MR) is 108 cm³/mol. The van der Waals surface area contributed by atoms with Crippen molar-refractivity contribution in [1.29, 1.82) is 0 Å². The molecule has 0 bridgehead atoms. The van der Waals surface area contributed by atoms with Crippen LogP contribution in [-0.4, -0.2) is 38.6 Å². The summed E-state index contributed by atoms with van der Waals surface area (Å²) in [5.74, 6) is 0.570. The lowest BCUT2D eigenvalue weighted by molar-refractivity contribution is -0.684. The Labute approximate surface area is 168 Å². The fourth-order valence-corrected chi connectivity index (χ4v) is 4.68. The van der Waals surface area contributed by atoms with Crippen molar-refractivity contribution >= 4 is 28.2 Å². The molecule has 0 unspecified atom stereocenters. The van der Waals surface area contributed by atoms with Gasteiger partial charge in [-0.1, -0.05) is 0 Å². The number of hydrogen-bond donors (Lipinski definition) is 3. The van der Waals surface area contributed by atoms with Gasteiger partial charge in [0.05, 0.1) is 18.4 Å². The second kappa shape index (κ2) is 9.86. The van der Waals surface area contributed by atoms with E-state index in [1.54, 1.807) is 13.4 Å². The zero-order chi connectivity index (χ0) is 19.9. The zero-order valence-electron chi connectivity index (χ0n) is 16.4. The molecular weight excluding hydrogens is 378 g/mol. The first kappa shape index (κ1) is 20.6. The summed E-state index contributed by atoms with van der Waals surface area (Å²) in [7, 11) is 1.60. The van der Waals surface area contributed by atoms with Crippen LogP contribution in [0.2, 0.25) is 0 Å². The number of quaternary nitrogens is 1. The minimum atomic E-state index is -0.139. The number of anilines is 1. The van der Waals surface area contributed by atoms with E-state index in [-0.39, 0.29) is 24.4 Å². The molecular formula is C20H28N3O4S+. The van der Waals surface area contributed by atoms with Crippen molar-refractivity contribution in [2.24, 2.45) is 0 Å². The number of nitrogens with one attached hydrogen (secondary N) is 2. The highest BCUT2D eigenvalue weighted by Crippen LogP contribution is 2.38. The van der Waals surface area contributed by atoms with E-state index in [9.17, 15) is 9.59 Å². The maximum absolute atomic E-state index is 12.7. The van der Waals surface area contributed by atoms with Crippen LogP contribution < -0.4 is 16.0 Å². The van der Waals surface area contributed by atoms with Gasteiger partial charge in [-0.2, -0.15) is 0 Å². The number of hydrogen-bond acceptors (Lipinski definition) is 5. The SMILES string of the molecule is COCCNC(=O)c1c(NC(=O)C[NH2+][C@@H](C)c2ccco2)sc2c1CCCC2. The third-order valence-corrected chi connectivity index (χ3v) is 6.10.